The quantitative estimate of drug-likeness (QED) is 0.746. The third kappa shape index (κ3) is 5.72. The molecule has 114 valence electrons. The number of urea groups is 1. The van der Waals surface area contributed by atoms with Crippen molar-refractivity contribution in [2.45, 2.75) is 6.54 Å². The fourth-order valence-electron chi connectivity index (χ4n) is 1.66. The second-order valence-corrected chi connectivity index (χ2v) is 5.70. The molecule has 0 unspecified atom stereocenters. The number of rotatable bonds is 5. The van der Waals surface area contributed by atoms with Crippen LogP contribution >= 0.6 is 22.6 Å². The van der Waals surface area contributed by atoms with Gasteiger partial charge in [-0.3, -0.25) is 10.1 Å². The highest BCUT2D eigenvalue weighted by molar-refractivity contribution is 14.1. The highest BCUT2D eigenvalue weighted by atomic mass is 127. The smallest absolute Gasteiger partial charge is 0.321 e. The largest absolute Gasteiger partial charge is 0.484 e. The summed E-state index contributed by atoms with van der Waals surface area (Å²) in [7, 11) is 0. The lowest BCUT2D eigenvalue weighted by Crippen LogP contribution is -2.41. The van der Waals surface area contributed by atoms with Gasteiger partial charge in [0, 0.05) is 10.1 Å². The van der Waals surface area contributed by atoms with E-state index in [-0.39, 0.29) is 6.61 Å². The molecule has 0 bridgehead atoms. The Labute approximate surface area is 142 Å². The number of hydrogen-bond donors (Lipinski definition) is 2. The topological polar surface area (TPSA) is 67.4 Å². The zero-order valence-electron chi connectivity index (χ0n) is 11.7. The molecule has 0 saturated heterocycles. The Hall–Kier alpha value is -2.09. The van der Waals surface area contributed by atoms with Gasteiger partial charge in [0.25, 0.3) is 5.91 Å². The average molecular weight is 410 g/mol. The summed E-state index contributed by atoms with van der Waals surface area (Å²) in [6.45, 7) is 0.150. The van der Waals surface area contributed by atoms with Crippen molar-refractivity contribution in [3.8, 4) is 5.75 Å². The van der Waals surface area contributed by atoms with Crippen LogP contribution in [-0.2, 0) is 11.3 Å². The summed E-state index contributed by atoms with van der Waals surface area (Å²) in [5.41, 5.74) is 0.959. The van der Waals surface area contributed by atoms with Crippen molar-refractivity contribution in [3.63, 3.8) is 0 Å². The Kier molecular flexibility index (Phi) is 6.20. The number of hydrogen-bond acceptors (Lipinski definition) is 3. The van der Waals surface area contributed by atoms with Crippen LogP contribution in [0.5, 0.6) is 5.75 Å². The highest BCUT2D eigenvalue weighted by Gasteiger charge is 2.08. The predicted octanol–water partition coefficient (Wildman–Crippen LogP) is 2.70. The van der Waals surface area contributed by atoms with E-state index in [9.17, 15) is 9.59 Å². The maximum atomic E-state index is 11.6. The van der Waals surface area contributed by atoms with Crippen LogP contribution in [0.1, 0.15) is 5.56 Å². The van der Waals surface area contributed by atoms with Crippen LogP contribution in [0.2, 0.25) is 0 Å². The maximum absolute atomic E-state index is 11.6. The van der Waals surface area contributed by atoms with Gasteiger partial charge in [0.2, 0.25) is 0 Å². The molecule has 0 aromatic heterocycles. The van der Waals surface area contributed by atoms with Crippen LogP contribution in [0.4, 0.5) is 4.79 Å². The Morgan fingerprint density at radius 1 is 1.00 bits per heavy atom. The van der Waals surface area contributed by atoms with Crippen molar-refractivity contribution < 1.29 is 14.3 Å². The Morgan fingerprint density at radius 3 is 2.36 bits per heavy atom. The molecule has 3 amide bonds. The van der Waals surface area contributed by atoms with Crippen molar-refractivity contribution in [1.29, 1.82) is 0 Å². The van der Waals surface area contributed by atoms with Crippen molar-refractivity contribution in [2.75, 3.05) is 6.61 Å². The van der Waals surface area contributed by atoms with Crippen molar-refractivity contribution >= 4 is 34.5 Å². The summed E-state index contributed by atoms with van der Waals surface area (Å²) < 4.78 is 6.37. The van der Waals surface area contributed by atoms with Crippen LogP contribution in [0, 0.1) is 3.57 Å². The van der Waals surface area contributed by atoms with E-state index in [1.54, 1.807) is 12.1 Å². The van der Waals surface area contributed by atoms with Gasteiger partial charge in [0.1, 0.15) is 5.75 Å². The van der Waals surface area contributed by atoms with Crippen molar-refractivity contribution in [2.24, 2.45) is 0 Å². The molecule has 0 spiro atoms. The minimum atomic E-state index is -0.542. The molecule has 0 aliphatic rings. The second-order valence-electron chi connectivity index (χ2n) is 4.46. The summed E-state index contributed by atoms with van der Waals surface area (Å²) in [5, 5.41) is 4.82. The van der Waals surface area contributed by atoms with Gasteiger partial charge < -0.3 is 10.1 Å². The second kappa shape index (κ2) is 8.38. The number of carbonyl (C=O) groups excluding carboxylic acids is 2. The molecule has 0 aliphatic heterocycles. The molecule has 0 aliphatic carbocycles. The van der Waals surface area contributed by atoms with E-state index in [2.05, 4.69) is 33.2 Å². The first-order chi connectivity index (χ1) is 10.6. The highest BCUT2D eigenvalue weighted by Crippen LogP contribution is 2.13. The standard InChI is InChI=1S/C16H15IN2O3/c17-13-6-8-14(9-7-13)22-11-15(20)19-16(21)18-10-12-4-2-1-3-5-12/h1-9H,10-11H2,(H2,18,19,20,21). The van der Waals surface area contributed by atoms with E-state index in [4.69, 9.17) is 4.74 Å². The van der Waals surface area contributed by atoms with Gasteiger partial charge in [-0.05, 0) is 52.4 Å². The first-order valence-corrected chi connectivity index (χ1v) is 7.71. The minimum Gasteiger partial charge on any atom is -0.484 e. The number of benzene rings is 2. The van der Waals surface area contributed by atoms with Crippen LogP contribution in [-0.4, -0.2) is 18.5 Å². The third-order valence-corrected chi connectivity index (χ3v) is 3.45. The number of carbonyl (C=O) groups is 2. The first-order valence-electron chi connectivity index (χ1n) is 6.63. The molecule has 22 heavy (non-hydrogen) atoms. The number of imide groups is 1. The van der Waals surface area contributed by atoms with E-state index < -0.39 is 11.9 Å². The van der Waals surface area contributed by atoms with Crippen LogP contribution < -0.4 is 15.4 Å². The fraction of sp³-hybridized carbons (Fsp3) is 0.125. The monoisotopic (exact) mass is 410 g/mol. The molecule has 2 aromatic carbocycles. The van der Waals surface area contributed by atoms with Crippen molar-refractivity contribution in [3.05, 3.63) is 63.7 Å². The molecular formula is C16H15IN2O3. The van der Waals surface area contributed by atoms with Crippen LogP contribution in [0.15, 0.2) is 54.6 Å². The molecule has 5 nitrogen and oxygen atoms in total. The zero-order valence-corrected chi connectivity index (χ0v) is 13.9. The van der Waals surface area contributed by atoms with E-state index in [1.807, 2.05) is 42.5 Å². The summed E-state index contributed by atoms with van der Waals surface area (Å²) in [6.07, 6.45) is 0. The van der Waals surface area contributed by atoms with Gasteiger partial charge in [-0.15, -0.1) is 0 Å². The van der Waals surface area contributed by atoms with E-state index in [1.165, 1.54) is 0 Å². The lowest BCUT2D eigenvalue weighted by Gasteiger charge is -2.08. The number of ether oxygens (including phenoxy) is 1. The molecule has 2 N–H and O–H groups in total. The minimum absolute atomic E-state index is 0.209. The van der Waals surface area contributed by atoms with E-state index in [0.717, 1.165) is 9.13 Å². The summed E-state index contributed by atoms with van der Waals surface area (Å²) in [4.78, 5) is 23.2. The van der Waals surface area contributed by atoms with Crippen LogP contribution in [0.25, 0.3) is 0 Å². The summed E-state index contributed by atoms with van der Waals surface area (Å²) in [6, 6.07) is 16.2. The van der Waals surface area contributed by atoms with Gasteiger partial charge in [-0.1, -0.05) is 30.3 Å². The van der Waals surface area contributed by atoms with E-state index >= 15 is 0 Å². The molecule has 2 rings (SSSR count). The fourth-order valence-corrected chi connectivity index (χ4v) is 2.02. The number of nitrogens with one attached hydrogen (secondary N) is 2. The van der Waals surface area contributed by atoms with Crippen molar-refractivity contribution in [1.82, 2.24) is 10.6 Å². The van der Waals surface area contributed by atoms with Gasteiger partial charge in [0.05, 0.1) is 0 Å². The Balaban J connectivity index is 1.70. The Morgan fingerprint density at radius 2 is 1.68 bits per heavy atom. The average Bonchev–Trinajstić information content (AvgIpc) is 2.53. The molecule has 0 radical (unpaired) electrons. The lowest BCUT2D eigenvalue weighted by molar-refractivity contribution is -0.122. The van der Waals surface area contributed by atoms with E-state index in [0.29, 0.717) is 12.3 Å². The van der Waals surface area contributed by atoms with Gasteiger partial charge in [-0.2, -0.15) is 0 Å². The normalized spacial score (nSPS) is 9.86. The zero-order chi connectivity index (χ0) is 15.8. The van der Waals surface area contributed by atoms with Crippen LogP contribution in [0.3, 0.4) is 0 Å². The van der Waals surface area contributed by atoms with Gasteiger partial charge >= 0.3 is 6.03 Å². The summed E-state index contributed by atoms with van der Waals surface area (Å²) in [5.74, 6) is 0.0874. The third-order valence-electron chi connectivity index (χ3n) is 2.73. The number of amides is 3. The molecular weight excluding hydrogens is 395 g/mol. The molecule has 0 fully saturated rings. The number of halogens is 1. The molecule has 0 saturated carbocycles. The predicted molar refractivity (Wildman–Crippen MR) is 91.5 cm³/mol. The molecule has 0 atom stereocenters. The van der Waals surface area contributed by atoms with Gasteiger partial charge in [0.15, 0.2) is 6.61 Å². The lowest BCUT2D eigenvalue weighted by atomic mass is 10.2. The van der Waals surface area contributed by atoms with Gasteiger partial charge in [-0.25, -0.2) is 4.79 Å². The maximum Gasteiger partial charge on any atom is 0.321 e. The first kappa shape index (κ1) is 16.3. The molecule has 2 aromatic rings. The molecule has 0 heterocycles. The SMILES string of the molecule is O=C(COc1ccc(I)cc1)NC(=O)NCc1ccccc1. The molecule has 6 heteroatoms. The summed E-state index contributed by atoms with van der Waals surface area (Å²) >= 11 is 2.18. The Bertz CT molecular complexity index is 630.